The van der Waals surface area contributed by atoms with E-state index in [2.05, 4.69) is 32.9 Å². The predicted molar refractivity (Wildman–Crippen MR) is 75.1 cm³/mol. The van der Waals surface area contributed by atoms with E-state index in [9.17, 15) is 0 Å². The van der Waals surface area contributed by atoms with E-state index in [4.69, 9.17) is 5.73 Å². The molecule has 0 amide bonds. The summed E-state index contributed by atoms with van der Waals surface area (Å²) in [7, 11) is 0. The lowest BCUT2D eigenvalue weighted by atomic mass is 10.2. The van der Waals surface area contributed by atoms with Crippen molar-refractivity contribution in [3.05, 3.63) is 51.9 Å². The number of aromatic nitrogens is 1. The predicted octanol–water partition coefficient (Wildman–Crippen LogP) is 2.88. The van der Waals surface area contributed by atoms with Crippen LogP contribution in [0.3, 0.4) is 0 Å². The Balaban J connectivity index is 2.05. The standard InChI is InChI=1S/C12H12IN3/c13-10-3-4-12(11(14)6-10)16-8-9-2-1-5-15-7-9/h1-7,16H,8,14H2. The molecule has 2 rings (SSSR count). The minimum absolute atomic E-state index is 0.735. The molecule has 4 heteroatoms. The van der Waals surface area contributed by atoms with Gasteiger partial charge in [-0.25, -0.2) is 0 Å². The van der Waals surface area contributed by atoms with E-state index in [0.717, 1.165) is 27.1 Å². The average molecular weight is 325 g/mol. The monoisotopic (exact) mass is 325 g/mol. The maximum atomic E-state index is 5.90. The van der Waals surface area contributed by atoms with Crippen molar-refractivity contribution < 1.29 is 0 Å². The summed E-state index contributed by atoms with van der Waals surface area (Å²) in [6.07, 6.45) is 3.61. The second-order valence-corrected chi connectivity index (χ2v) is 4.69. The Morgan fingerprint density at radius 2 is 2.19 bits per heavy atom. The van der Waals surface area contributed by atoms with Gasteiger partial charge < -0.3 is 11.1 Å². The molecule has 16 heavy (non-hydrogen) atoms. The largest absolute Gasteiger partial charge is 0.397 e. The van der Waals surface area contributed by atoms with Gasteiger partial charge in [-0.05, 0) is 52.4 Å². The number of rotatable bonds is 3. The second kappa shape index (κ2) is 5.16. The van der Waals surface area contributed by atoms with Crippen molar-refractivity contribution in [3.63, 3.8) is 0 Å². The number of nitrogen functional groups attached to an aromatic ring is 1. The van der Waals surface area contributed by atoms with E-state index in [-0.39, 0.29) is 0 Å². The Kier molecular flexibility index (Phi) is 3.61. The highest BCUT2D eigenvalue weighted by molar-refractivity contribution is 14.1. The van der Waals surface area contributed by atoms with Crippen LogP contribution in [0.25, 0.3) is 0 Å². The summed E-state index contributed by atoms with van der Waals surface area (Å²) in [6, 6.07) is 9.93. The smallest absolute Gasteiger partial charge is 0.0577 e. The van der Waals surface area contributed by atoms with E-state index < -0.39 is 0 Å². The van der Waals surface area contributed by atoms with Crippen LogP contribution in [0.15, 0.2) is 42.7 Å². The van der Waals surface area contributed by atoms with Gasteiger partial charge in [-0.1, -0.05) is 6.07 Å². The zero-order chi connectivity index (χ0) is 11.4. The third-order valence-corrected chi connectivity index (χ3v) is 2.89. The fourth-order valence-corrected chi connectivity index (χ4v) is 1.91. The molecular formula is C12H12IN3. The van der Waals surface area contributed by atoms with Gasteiger partial charge in [0, 0.05) is 22.5 Å². The van der Waals surface area contributed by atoms with Crippen molar-refractivity contribution in [1.82, 2.24) is 4.98 Å². The minimum atomic E-state index is 0.735. The molecule has 1 aromatic heterocycles. The first-order valence-electron chi connectivity index (χ1n) is 4.93. The number of nitrogens with zero attached hydrogens (tertiary/aromatic N) is 1. The molecule has 3 nitrogen and oxygen atoms in total. The van der Waals surface area contributed by atoms with Crippen molar-refractivity contribution in [3.8, 4) is 0 Å². The molecule has 0 atom stereocenters. The van der Waals surface area contributed by atoms with Crippen LogP contribution in [-0.2, 0) is 6.54 Å². The van der Waals surface area contributed by atoms with Gasteiger partial charge in [0.25, 0.3) is 0 Å². The van der Waals surface area contributed by atoms with Gasteiger partial charge in [-0.3, -0.25) is 4.98 Å². The topological polar surface area (TPSA) is 50.9 Å². The molecule has 3 N–H and O–H groups in total. The Hall–Kier alpha value is -1.30. The average Bonchev–Trinajstić information content (AvgIpc) is 2.29. The molecule has 0 aliphatic heterocycles. The number of nitrogens with two attached hydrogens (primary N) is 1. The molecule has 0 radical (unpaired) electrons. The van der Waals surface area contributed by atoms with Crippen LogP contribution in [0, 0.1) is 3.57 Å². The molecule has 2 aromatic rings. The third-order valence-electron chi connectivity index (χ3n) is 2.22. The summed E-state index contributed by atoms with van der Waals surface area (Å²) < 4.78 is 1.14. The first-order chi connectivity index (χ1) is 7.75. The van der Waals surface area contributed by atoms with Gasteiger partial charge in [0.1, 0.15) is 0 Å². The third kappa shape index (κ3) is 2.85. The van der Waals surface area contributed by atoms with Crippen LogP contribution in [-0.4, -0.2) is 4.98 Å². The maximum absolute atomic E-state index is 5.90. The lowest BCUT2D eigenvalue weighted by Crippen LogP contribution is -2.02. The molecule has 0 spiro atoms. The summed E-state index contributed by atoms with van der Waals surface area (Å²) in [5, 5.41) is 3.29. The van der Waals surface area contributed by atoms with Crippen molar-refractivity contribution >= 4 is 34.0 Å². The highest BCUT2D eigenvalue weighted by atomic mass is 127. The van der Waals surface area contributed by atoms with Crippen molar-refractivity contribution in [2.24, 2.45) is 0 Å². The number of halogens is 1. The molecule has 1 aromatic carbocycles. The van der Waals surface area contributed by atoms with Crippen LogP contribution in [0.4, 0.5) is 11.4 Å². The van der Waals surface area contributed by atoms with Gasteiger partial charge >= 0.3 is 0 Å². The van der Waals surface area contributed by atoms with Gasteiger partial charge in [0.15, 0.2) is 0 Å². The first-order valence-corrected chi connectivity index (χ1v) is 6.01. The van der Waals surface area contributed by atoms with E-state index >= 15 is 0 Å². The summed E-state index contributed by atoms with van der Waals surface area (Å²) in [6.45, 7) is 0.735. The molecule has 0 unspecified atom stereocenters. The maximum Gasteiger partial charge on any atom is 0.0577 e. The molecular weight excluding hydrogens is 313 g/mol. The lowest BCUT2D eigenvalue weighted by Gasteiger charge is -2.09. The molecule has 0 saturated carbocycles. The molecule has 0 bridgehead atoms. The van der Waals surface area contributed by atoms with E-state index in [1.54, 1.807) is 6.20 Å². The number of benzene rings is 1. The van der Waals surface area contributed by atoms with Gasteiger partial charge in [-0.15, -0.1) is 0 Å². The van der Waals surface area contributed by atoms with Gasteiger partial charge in [0.2, 0.25) is 0 Å². The summed E-state index contributed by atoms with van der Waals surface area (Å²) >= 11 is 2.24. The van der Waals surface area contributed by atoms with Crippen molar-refractivity contribution in [2.45, 2.75) is 6.54 Å². The normalized spacial score (nSPS) is 10.1. The Morgan fingerprint density at radius 3 is 2.88 bits per heavy atom. The molecule has 82 valence electrons. The lowest BCUT2D eigenvalue weighted by molar-refractivity contribution is 1.11. The van der Waals surface area contributed by atoms with Crippen molar-refractivity contribution in [1.29, 1.82) is 0 Å². The van der Waals surface area contributed by atoms with Crippen molar-refractivity contribution in [2.75, 3.05) is 11.1 Å². The van der Waals surface area contributed by atoms with Crippen LogP contribution < -0.4 is 11.1 Å². The minimum Gasteiger partial charge on any atom is -0.397 e. The quantitative estimate of drug-likeness (QED) is 0.674. The second-order valence-electron chi connectivity index (χ2n) is 3.45. The molecule has 1 heterocycles. The Bertz CT molecular complexity index is 471. The Morgan fingerprint density at radius 1 is 1.31 bits per heavy atom. The summed E-state index contributed by atoms with van der Waals surface area (Å²) in [5.41, 5.74) is 8.78. The summed E-state index contributed by atoms with van der Waals surface area (Å²) in [4.78, 5) is 4.06. The SMILES string of the molecule is Nc1cc(I)ccc1NCc1cccnc1. The molecule has 0 saturated heterocycles. The van der Waals surface area contributed by atoms with Gasteiger partial charge in [0.05, 0.1) is 11.4 Å². The number of hydrogen-bond donors (Lipinski definition) is 2. The fraction of sp³-hybridized carbons (Fsp3) is 0.0833. The molecule has 0 fully saturated rings. The molecule has 0 aliphatic rings. The van der Waals surface area contributed by atoms with Crippen LogP contribution in [0.5, 0.6) is 0 Å². The highest BCUT2D eigenvalue weighted by Crippen LogP contribution is 2.21. The van der Waals surface area contributed by atoms with E-state index in [1.165, 1.54) is 0 Å². The highest BCUT2D eigenvalue weighted by Gasteiger charge is 1.99. The number of hydrogen-bond acceptors (Lipinski definition) is 3. The zero-order valence-corrected chi connectivity index (χ0v) is 10.8. The zero-order valence-electron chi connectivity index (χ0n) is 8.65. The fourth-order valence-electron chi connectivity index (χ4n) is 1.39. The van der Waals surface area contributed by atoms with Crippen LogP contribution >= 0.6 is 22.6 Å². The van der Waals surface area contributed by atoms with E-state index in [0.29, 0.717) is 0 Å². The van der Waals surface area contributed by atoms with Crippen LogP contribution in [0.2, 0.25) is 0 Å². The molecule has 0 aliphatic carbocycles. The van der Waals surface area contributed by atoms with Gasteiger partial charge in [-0.2, -0.15) is 0 Å². The van der Waals surface area contributed by atoms with Crippen LogP contribution in [0.1, 0.15) is 5.56 Å². The number of anilines is 2. The number of nitrogens with one attached hydrogen (secondary N) is 1. The van der Waals surface area contributed by atoms with E-state index in [1.807, 2.05) is 36.5 Å². The Labute approximate surface area is 108 Å². The summed E-state index contributed by atoms with van der Waals surface area (Å²) in [5.74, 6) is 0. The first kappa shape index (κ1) is 11.2. The number of pyridine rings is 1.